The van der Waals surface area contributed by atoms with Crippen LogP contribution in [0.3, 0.4) is 0 Å². The zero-order chi connectivity index (χ0) is 23.1. The third-order valence-electron chi connectivity index (χ3n) is 6.07. The predicted octanol–water partition coefficient (Wildman–Crippen LogP) is 3.73. The first-order valence-electron chi connectivity index (χ1n) is 12.6. The second-order valence-electron chi connectivity index (χ2n) is 8.61. The minimum Gasteiger partial charge on any atom is -0.377 e. The lowest BCUT2D eigenvalue weighted by Crippen LogP contribution is -2.37. The van der Waals surface area contributed by atoms with Gasteiger partial charge in [0.1, 0.15) is 11.6 Å². The van der Waals surface area contributed by atoms with Gasteiger partial charge < -0.3 is 14.2 Å². The molecule has 1 aromatic heterocycles. The number of nitrogens with zero attached hydrogens (tertiary/aromatic N) is 3. The highest BCUT2D eigenvalue weighted by Crippen LogP contribution is 2.21. The molecule has 2 aliphatic heterocycles. The molecule has 2 amide bonds. The topological polar surface area (TPSA) is 81.2 Å². The monoisotopic (exact) mass is 461 g/mol. The maximum atomic E-state index is 13.1. The van der Waals surface area contributed by atoms with Gasteiger partial charge in [-0.15, -0.1) is 0 Å². The number of hydrogen-bond donors (Lipinski definition) is 0. The van der Waals surface area contributed by atoms with Crippen molar-refractivity contribution >= 4 is 23.5 Å². The van der Waals surface area contributed by atoms with Crippen LogP contribution in [0.15, 0.2) is 18.2 Å². The van der Waals surface area contributed by atoms with Crippen LogP contribution in [0.25, 0.3) is 0 Å². The minimum absolute atomic E-state index is 0.0474. The van der Waals surface area contributed by atoms with Crippen LogP contribution in [0.1, 0.15) is 64.2 Å². The molecule has 0 spiro atoms. The van der Waals surface area contributed by atoms with Crippen LogP contribution in [-0.2, 0) is 23.8 Å². The Bertz CT molecular complexity index is 674. The normalized spacial score (nSPS) is 21.8. The van der Waals surface area contributed by atoms with Crippen molar-refractivity contribution in [3.8, 4) is 0 Å². The van der Waals surface area contributed by atoms with E-state index >= 15 is 0 Å². The summed E-state index contributed by atoms with van der Waals surface area (Å²) in [6, 6.07) is 5.53. The number of carbonyl (C=O) groups is 2. The Labute approximate surface area is 197 Å². The van der Waals surface area contributed by atoms with E-state index in [4.69, 9.17) is 19.2 Å². The fourth-order valence-electron chi connectivity index (χ4n) is 4.18. The molecule has 8 nitrogen and oxygen atoms in total. The summed E-state index contributed by atoms with van der Waals surface area (Å²) in [7, 11) is 0. The van der Waals surface area contributed by atoms with E-state index in [1.165, 1.54) is 12.8 Å². The van der Waals surface area contributed by atoms with Crippen LogP contribution < -0.4 is 9.80 Å². The van der Waals surface area contributed by atoms with Crippen molar-refractivity contribution < 1.29 is 23.8 Å². The number of rotatable bonds is 0. The number of pyridine rings is 1. The molecule has 33 heavy (non-hydrogen) atoms. The molecule has 0 aliphatic carbocycles. The van der Waals surface area contributed by atoms with Crippen molar-refractivity contribution in [3.05, 3.63) is 18.2 Å². The van der Waals surface area contributed by atoms with Crippen molar-refractivity contribution in [2.24, 2.45) is 0 Å². The largest absolute Gasteiger partial charge is 0.377 e. The maximum absolute atomic E-state index is 13.1. The van der Waals surface area contributed by atoms with Crippen molar-refractivity contribution in [2.45, 2.75) is 64.2 Å². The van der Waals surface area contributed by atoms with Crippen LogP contribution in [0.2, 0.25) is 0 Å². The number of amides is 2. The van der Waals surface area contributed by atoms with E-state index in [0.29, 0.717) is 77.2 Å². The van der Waals surface area contributed by atoms with Crippen molar-refractivity contribution in [3.63, 3.8) is 0 Å². The van der Waals surface area contributed by atoms with E-state index in [2.05, 4.69) is 0 Å². The van der Waals surface area contributed by atoms with E-state index < -0.39 is 0 Å². The Morgan fingerprint density at radius 3 is 1.42 bits per heavy atom. The van der Waals surface area contributed by atoms with Gasteiger partial charge in [0.2, 0.25) is 11.8 Å². The highest BCUT2D eigenvalue weighted by Gasteiger charge is 2.21. The lowest BCUT2D eigenvalue weighted by Gasteiger charge is -2.26. The third-order valence-corrected chi connectivity index (χ3v) is 6.07. The number of aromatic nitrogens is 1. The molecular formula is C25H39N3O5. The van der Waals surface area contributed by atoms with E-state index in [0.717, 1.165) is 38.5 Å². The fourth-order valence-corrected chi connectivity index (χ4v) is 4.18. The number of anilines is 2. The van der Waals surface area contributed by atoms with E-state index in [9.17, 15) is 9.59 Å². The summed E-state index contributed by atoms with van der Waals surface area (Å²) in [4.78, 5) is 34.4. The third kappa shape index (κ3) is 9.02. The van der Waals surface area contributed by atoms with Gasteiger partial charge in [-0.25, -0.2) is 4.98 Å². The lowest BCUT2D eigenvalue weighted by atomic mass is 10.1. The van der Waals surface area contributed by atoms with Gasteiger partial charge in [0.05, 0.1) is 52.7 Å². The van der Waals surface area contributed by atoms with Crippen LogP contribution in [0.4, 0.5) is 11.6 Å². The molecule has 184 valence electrons. The summed E-state index contributed by atoms with van der Waals surface area (Å²) < 4.78 is 16.9. The van der Waals surface area contributed by atoms with Gasteiger partial charge in [0.15, 0.2) is 0 Å². The quantitative estimate of drug-likeness (QED) is 0.586. The highest BCUT2D eigenvalue weighted by atomic mass is 16.5. The Hall–Kier alpha value is -2.03. The molecule has 2 aliphatic rings. The number of carbonyl (C=O) groups excluding carboxylic acids is 2. The number of ether oxygens (including phenoxy) is 3. The molecule has 0 atom stereocenters. The molecule has 0 fully saturated rings. The summed E-state index contributed by atoms with van der Waals surface area (Å²) in [6.07, 6.45) is 9.55. The van der Waals surface area contributed by atoms with Gasteiger partial charge in [-0.3, -0.25) is 19.4 Å². The molecule has 0 aromatic carbocycles. The van der Waals surface area contributed by atoms with E-state index in [1.54, 1.807) is 9.80 Å². The summed E-state index contributed by atoms with van der Waals surface area (Å²) in [5.41, 5.74) is 0. The predicted molar refractivity (Wildman–Crippen MR) is 128 cm³/mol. The molecular weight excluding hydrogens is 422 g/mol. The van der Waals surface area contributed by atoms with Crippen molar-refractivity contribution in [1.82, 2.24) is 4.98 Å². The van der Waals surface area contributed by atoms with Gasteiger partial charge in [-0.1, -0.05) is 44.6 Å². The minimum atomic E-state index is 0.0474. The Kier molecular flexibility index (Phi) is 11.6. The standard InChI is InChI=1S/C25H39N3O5/c29-24-12-7-5-3-1-2-4-6-8-13-25(30)28-15-17-32-19-21-33-20-18-31-16-14-27(24)22-10-9-11-23(28)26-22/h9-11H,1-8,12-21H2. The van der Waals surface area contributed by atoms with Crippen LogP contribution in [0, 0.1) is 0 Å². The molecule has 4 bridgehead atoms. The Morgan fingerprint density at radius 2 is 0.970 bits per heavy atom. The Balaban J connectivity index is 1.85. The first-order valence-corrected chi connectivity index (χ1v) is 12.6. The first kappa shape index (κ1) is 25.6. The summed E-state index contributed by atoms with van der Waals surface area (Å²) >= 11 is 0. The fraction of sp³-hybridized carbons (Fsp3) is 0.720. The molecule has 0 N–H and O–H groups in total. The summed E-state index contributed by atoms with van der Waals surface area (Å²) in [5.74, 6) is 1.22. The average Bonchev–Trinajstić information content (AvgIpc) is 2.82. The zero-order valence-electron chi connectivity index (χ0n) is 19.8. The van der Waals surface area contributed by atoms with Crippen LogP contribution in [-0.4, -0.2) is 69.5 Å². The molecule has 3 rings (SSSR count). The smallest absolute Gasteiger partial charge is 0.228 e. The molecule has 3 heterocycles. The van der Waals surface area contributed by atoms with Gasteiger partial charge in [0, 0.05) is 12.8 Å². The summed E-state index contributed by atoms with van der Waals surface area (Å²) in [5, 5.41) is 0. The average molecular weight is 462 g/mol. The molecule has 0 saturated carbocycles. The van der Waals surface area contributed by atoms with Gasteiger partial charge in [-0.2, -0.15) is 0 Å². The Morgan fingerprint density at radius 1 is 0.576 bits per heavy atom. The second-order valence-corrected chi connectivity index (χ2v) is 8.61. The van der Waals surface area contributed by atoms with Gasteiger partial charge in [0.25, 0.3) is 0 Å². The molecule has 0 saturated heterocycles. The zero-order valence-corrected chi connectivity index (χ0v) is 19.8. The molecule has 0 unspecified atom stereocenters. The molecule has 1 aromatic rings. The van der Waals surface area contributed by atoms with Crippen LogP contribution >= 0.6 is 0 Å². The van der Waals surface area contributed by atoms with Crippen molar-refractivity contribution in [1.29, 1.82) is 0 Å². The van der Waals surface area contributed by atoms with Crippen LogP contribution in [0.5, 0.6) is 0 Å². The van der Waals surface area contributed by atoms with Gasteiger partial charge in [-0.05, 0) is 25.0 Å². The maximum Gasteiger partial charge on any atom is 0.228 e. The van der Waals surface area contributed by atoms with E-state index in [-0.39, 0.29) is 11.8 Å². The second kappa shape index (κ2) is 15.0. The van der Waals surface area contributed by atoms with E-state index in [1.807, 2.05) is 18.2 Å². The van der Waals surface area contributed by atoms with Gasteiger partial charge >= 0.3 is 0 Å². The molecule has 0 radical (unpaired) electrons. The lowest BCUT2D eigenvalue weighted by molar-refractivity contribution is -0.119. The SMILES string of the molecule is O=C1CCCCCCCCCCC(=O)N2CCOCCOCCOCCN1c1cccc2n1. The summed E-state index contributed by atoms with van der Waals surface area (Å²) in [6.45, 7) is 3.56. The first-order chi connectivity index (χ1) is 16.3. The van der Waals surface area contributed by atoms with Crippen molar-refractivity contribution in [2.75, 3.05) is 62.5 Å². The highest BCUT2D eigenvalue weighted by molar-refractivity contribution is 5.94. The molecule has 8 heteroatoms. The number of hydrogen-bond acceptors (Lipinski definition) is 6.